The van der Waals surface area contributed by atoms with Crippen molar-refractivity contribution in [2.24, 2.45) is 0 Å². The van der Waals surface area contributed by atoms with Crippen LogP contribution in [0, 0.1) is 5.82 Å². The average Bonchev–Trinajstić information content (AvgIpc) is 2.55. The first-order valence-corrected chi connectivity index (χ1v) is 8.18. The molecule has 0 unspecified atom stereocenters. The van der Waals surface area contributed by atoms with E-state index in [-0.39, 0.29) is 17.8 Å². The number of amides is 1. The highest BCUT2D eigenvalue weighted by Gasteiger charge is 2.13. The molecule has 1 amide bonds. The van der Waals surface area contributed by atoms with Gasteiger partial charge in [0.2, 0.25) is 5.91 Å². The van der Waals surface area contributed by atoms with Crippen molar-refractivity contribution in [2.75, 3.05) is 13.7 Å². The topological polar surface area (TPSA) is 38.3 Å². The van der Waals surface area contributed by atoms with Crippen LogP contribution in [0.3, 0.4) is 0 Å². The molecule has 2 aromatic carbocycles. The molecule has 0 saturated carbocycles. The van der Waals surface area contributed by atoms with Crippen molar-refractivity contribution >= 4 is 21.8 Å². The molecule has 0 aliphatic carbocycles. The molecule has 0 fully saturated rings. The normalized spacial score (nSPS) is 12.0. The van der Waals surface area contributed by atoms with E-state index in [9.17, 15) is 9.18 Å². The zero-order chi connectivity index (χ0) is 16.7. The predicted molar refractivity (Wildman–Crippen MR) is 91.6 cm³/mol. The van der Waals surface area contributed by atoms with Gasteiger partial charge in [0, 0.05) is 24.5 Å². The van der Waals surface area contributed by atoms with Crippen molar-refractivity contribution in [3.63, 3.8) is 0 Å². The molecule has 0 spiro atoms. The number of carbonyl (C=O) groups is 1. The maximum Gasteiger partial charge on any atom is 0.220 e. The SMILES string of the molecule is CO[C@@H](CNC(=O)CCc1ccccc1Br)c1cccc(F)c1. The Hall–Kier alpha value is -1.72. The summed E-state index contributed by atoms with van der Waals surface area (Å²) >= 11 is 3.47. The Morgan fingerprint density at radius 1 is 1.26 bits per heavy atom. The minimum Gasteiger partial charge on any atom is -0.375 e. The van der Waals surface area contributed by atoms with Gasteiger partial charge in [-0.1, -0.05) is 46.3 Å². The lowest BCUT2D eigenvalue weighted by Crippen LogP contribution is -2.29. The second-order valence-electron chi connectivity index (χ2n) is 5.17. The zero-order valence-electron chi connectivity index (χ0n) is 12.9. The van der Waals surface area contributed by atoms with Crippen molar-refractivity contribution in [3.05, 3.63) is 69.9 Å². The van der Waals surface area contributed by atoms with Crippen LogP contribution in [0.5, 0.6) is 0 Å². The number of halogens is 2. The number of nitrogens with one attached hydrogen (secondary N) is 1. The Kier molecular flexibility index (Phi) is 6.74. The number of carbonyl (C=O) groups excluding carboxylic acids is 1. The summed E-state index contributed by atoms with van der Waals surface area (Å²) in [5.41, 5.74) is 1.80. The zero-order valence-corrected chi connectivity index (χ0v) is 14.5. The van der Waals surface area contributed by atoms with Gasteiger partial charge in [-0.3, -0.25) is 4.79 Å². The molecule has 1 atom stereocenters. The smallest absolute Gasteiger partial charge is 0.220 e. The number of aryl methyl sites for hydroxylation is 1. The summed E-state index contributed by atoms with van der Waals surface area (Å²) in [6, 6.07) is 14.0. The standard InChI is InChI=1S/C18H19BrFNO2/c1-23-17(14-6-4-7-15(20)11-14)12-21-18(22)10-9-13-5-2-3-8-16(13)19/h2-8,11,17H,9-10,12H2,1H3,(H,21,22)/t17-/m0/s1. The van der Waals surface area contributed by atoms with E-state index < -0.39 is 0 Å². The Balaban J connectivity index is 1.84. The molecule has 0 aliphatic heterocycles. The predicted octanol–water partition coefficient (Wildman–Crippen LogP) is 4.02. The van der Waals surface area contributed by atoms with Crippen LogP contribution < -0.4 is 5.32 Å². The van der Waals surface area contributed by atoms with Gasteiger partial charge in [0.25, 0.3) is 0 Å². The molecule has 0 heterocycles. The lowest BCUT2D eigenvalue weighted by Gasteiger charge is -2.16. The van der Waals surface area contributed by atoms with Crippen LogP contribution in [0.2, 0.25) is 0 Å². The second kappa shape index (κ2) is 8.79. The molecule has 0 aliphatic rings. The highest BCUT2D eigenvalue weighted by molar-refractivity contribution is 9.10. The maximum absolute atomic E-state index is 13.3. The molecule has 0 bridgehead atoms. The molecular formula is C18H19BrFNO2. The van der Waals surface area contributed by atoms with Crippen molar-refractivity contribution in [1.82, 2.24) is 5.32 Å². The lowest BCUT2D eigenvalue weighted by atomic mass is 10.1. The van der Waals surface area contributed by atoms with Gasteiger partial charge in [-0.15, -0.1) is 0 Å². The molecule has 2 rings (SSSR count). The van der Waals surface area contributed by atoms with E-state index in [1.807, 2.05) is 24.3 Å². The summed E-state index contributed by atoms with van der Waals surface area (Å²) in [5, 5.41) is 2.84. The Labute approximate surface area is 144 Å². The fraction of sp³-hybridized carbons (Fsp3) is 0.278. The van der Waals surface area contributed by atoms with Crippen molar-refractivity contribution in [1.29, 1.82) is 0 Å². The first-order chi connectivity index (χ1) is 11.1. The van der Waals surface area contributed by atoms with E-state index in [0.717, 1.165) is 10.0 Å². The minimum absolute atomic E-state index is 0.0563. The molecule has 5 heteroatoms. The Bertz CT molecular complexity index is 663. The van der Waals surface area contributed by atoms with Crippen LogP contribution in [-0.4, -0.2) is 19.6 Å². The number of methoxy groups -OCH3 is 1. The van der Waals surface area contributed by atoms with E-state index in [1.165, 1.54) is 12.1 Å². The van der Waals surface area contributed by atoms with Gasteiger partial charge >= 0.3 is 0 Å². The monoisotopic (exact) mass is 379 g/mol. The molecule has 1 N–H and O–H groups in total. The first kappa shape index (κ1) is 17.6. The minimum atomic E-state index is -0.363. The fourth-order valence-electron chi connectivity index (χ4n) is 2.29. The summed E-state index contributed by atoms with van der Waals surface area (Å²) in [6.45, 7) is 0.314. The van der Waals surface area contributed by atoms with Crippen LogP contribution in [0.25, 0.3) is 0 Å². The van der Waals surface area contributed by atoms with Crippen molar-refractivity contribution < 1.29 is 13.9 Å². The third-order valence-corrected chi connectivity index (χ3v) is 4.34. The average molecular weight is 380 g/mol. The fourth-order valence-corrected chi connectivity index (χ4v) is 2.77. The quantitative estimate of drug-likeness (QED) is 0.788. The molecular weight excluding hydrogens is 361 g/mol. The Morgan fingerprint density at radius 2 is 2.04 bits per heavy atom. The lowest BCUT2D eigenvalue weighted by molar-refractivity contribution is -0.121. The van der Waals surface area contributed by atoms with Gasteiger partial charge in [0.1, 0.15) is 5.82 Å². The van der Waals surface area contributed by atoms with E-state index >= 15 is 0 Å². The summed E-state index contributed by atoms with van der Waals surface area (Å²) in [7, 11) is 1.54. The molecule has 0 saturated heterocycles. The highest BCUT2D eigenvalue weighted by atomic mass is 79.9. The number of rotatable bonds is 7. The second-order valence-corrected chi connectivity index (χ2v) is 6.03. The van der Waals surface area contributed by atoms with Gasteiger partial charge in [-0.2, -0.15) is 0 Å². The number of benzene rings is 2. The third-order valence-electron chi connectivity index (χ3n) is 3.57. The highest BCUT2D eigenvalue weighted by Crippen LogP contribution is 2.18. The van der Waals surface area contributed by atoms with E-state index in [4.69, 9.17) is 4.74 Å². The van der Waals surface area contributed by atoms with E-state index in [2.05, 4.69) is 21.2 Å². The van der Waals surface area contributed by atoms with Gasteiger partial charge < -0.3 is 10.1 Å². The third kappa shape index (κ3) is 5.44. The first-order valence-electron chi connectivity index (χ1n) is 7.38. The van der Waals surface area contributed by atoms with Crippen LogP contribution in [0.15, 0.2) is 53.0 Å². The van der Waals surface area contributed by atoms with Crippen molar-refractivity contribution in [2.45, 2.75) is 18.9 Å². The van der Waals surface area contributed by atoms with Crippen LogP contribution in [-0.2, 0) is 16.0 Å². The number of hydrogen-bond acceptors (Lipinski definition) is 2. The van der Waals surface area contributed by atoms with E-state index in [1.54, 1.807) is 19.2 Å². The van der Waals surface area contributed by atoms with Gasteiger partial charge in [-0.05, 0) is 35.7 Å². The summed E-state index contributed by atoms with van der Waals surface area (Å²) < 4.78 is 19.6. The van der Waals surface area contributed by atoms with Gasteiger partial charge in [-0.25, -0.2) is 4.39 Å². The summed E-state index contributed by atoms with van der Waals surface area (Å²) in [4.78, 5) is 12.0. The number of hydrogen-bond donors (Lipinski definition) is 1. The maximum atomic E-state index is 13.3. The number of ether oxygens (including phenoxy) is 1. The summed E-state index contributed by atoms with van der Waals surface area (Å²) in [5.74, 6) is -0.371. The molecule has 3 nitrogen and oxygen atoms in total. The Morgan fingerprint density at radius 3 is 2.74 bits per heavy atom. The van der Waals surface area contributed by atoms with Crippen LogP contribution in [0.4, 0.5) is 4.39 Å². The molecule has 23 heavy (non-hydrogen) atoms. The van der Waals surface area contributed by atoms with Gasteiger partial charge in [0.05, 0.1) is 6.10 Å². The summed E-state index contributed by atoms with van der Waals surface area (Å²) in [6.07, 6.45) is 0.686. The van der Waals surface area contributed by atoms with Crippen LogP contribution >= 0.6 is 15.9 Å². The largest absolute Gasteiger partial charge is 0.375 e. The molecule has 0 aromatic heterocycles. The van der Waals surface area contributed by atoms with Gasteiger partial charge in [0.15, 0.2) is 0 Å². The molecule has 2 aromatic rings. The molecule has 0 radical (unpaired) electrons. The van der Waals surface area contributed by atoms with E-state index in [0.29, 0.717) is 24.9 Å². The molecule has 122 valence electrons. The van der Waals surface area contributed by atoms with Crippen LogP contribution in [0.1, 0.15) is 23.7 Å². The van der Waals surface area contributed by atoms with Crippen molar-refractivity contribution in [3.8, 4) is 0 Å².